The van der Waals surface area contributed by atoms with Gasteiger partial charge < -0.3 is 0 Å². The van der Waals surface area contributed by atoms with E-state index >= 15 is 0 Å². The van der Waals surface area contributed by atoms with E-state index < -0.39 is 0 Å². The summed E-state index contributed by atoms with van der Waals surface area (Å²) < 4.78 is 0. The van der Waals surface area contributed by atoms with Gasteiger partial charge in [-0.1, -0.05) is 48.5 Å². The van der Waals surface area contributed by atoms with Gasteiger partial charge in [-0.25, -0.2) is 0 Å². The Balaban J connectivity index is 1.78. The maximum absolute atomic E-state index is 4.54. The number of hydrogen-bond donors (Lipinski definition) is 1. The van der Waals surface area contributed by atoms with E-state index in [1.807, 2.05) is 0 Å². The minimum absolute atomic E-state index is 0.949. The van der Waals surface area contributed by atoms with Gasteiger partial charge in [0.2, 0.25) is 0 Å². The Morgan fingerprint density at radius 1 is 0.957 bits per heavy atom. The van der Waals surface area contributed by atoms with E-state index in [0.29, 0.717) is 0 Å². The van der Waals surface area contributed by atoms with Gasteiger partial charge in [-0.3, -0.25) is 5.43 Å². The molecule has 0 saturated carbocycles. The van der Waals surface area contributed by atoms with Crippen molar-refractivity contribution in [3.05, 3.63) is 76.3 Å². The summed E-state index contributed by atoms with van der Waals surface area (Å²) in [6, 6.07) is 17.6. The van der Waals surface area contributed by atoms with Gasteiger partial charge in [-0.2, -0.15) is 5.10 Å². The first kappa shape index (κ1) is 12.9. The van der Waals surface area contributed by atoms with Crippen LogP contribution >= 0.6 is 0 Å². The van der Waals surface area contributed by atoms with E-state index in [9.17, 15) is 0 Å². The second kappa shape index (κ2) is 4.69. The molecule has 0 bridgehead atoms. The monoisotopic (exact) mass is 298 g/mol. The van der Waals surface area contributed by atoms with E-state index in [4.69, 9.17) is 0 Å². The SMILES string of the molecule is CC1=NNc2c(Cc3ccccc3)cc3c4c(ccc1c24)CC3. The number of nitrogens with zero attached hydrogens (tertiary/aromatic N) is 1. The predicted molar refractivity (Wildman–Crippen MR) is 96.4 cm³/mol. The number of aryl methyl sites for hydroxylation is 2. The number of anilines is 1. The van der Waals surface area contributed by atoms with Crippen LogP contribution in [0.25, 0.3) is 10.8 Å². The molecule has 5 rings (SSSR count). The highest BCUT2D eigenvalue weighted by Gasteiger charge is 2.24. The smallest absolute Gasteiger partial charge is 0.0682 e. The number of nitrogens with one attached hydrogen (secondary N) is 1. The van der Waals surface area contributed by atoms with Gasteiger partial charge in [-0.05, 0) is 53.8 Å². The molecular formula is C21H18N2. The molecular weight excluding hydrogens is 280 g/mol. The Morgan fingerprint density at radius 2 is 1.78 bits per heavy atom. The summed E-state index contributed by atoms with van der Waals surface area (Å²) in [7, 11) is 0. The average molecular weight is 298 g/mol. The maximum Gasteiger partial charge on any atom is 0.0682 e. The van der Waals surface area contributed by atoms with Gasteiger partial charge >= 0.3 is 0 Å². The zero-order valence-corrected chi connectivity index (χ0v) is 13.2. The molecule has 2 aliphatic rings. The van der Waals surface area contributed by atoms with Crippen LogP contribution in [0.15, 0.2) is 53.6 Å². The van der Waals surface area contributed by atoms with Gasteiger partial charge in [0.1, 0.15) is 0 Å². The van der Waals surface area contributed by atoms with E-state index in [1.165, 1.54) is 44.3 Å². The molecule has 2 heteroatoms. The molecule has 112 valence electrons. The first-order chi connectivity index (χ1) is 11.3. The third-order valence-electron chi connectivity index (χ3n) is 5.16. The minimum Gasteiger partial charge on any atom is -0.277 e. The first-order valence-electron chi connectivity index (χ1n) is 8.26. The van der Waals surface area contributed by atoms with Crippen LogP contribution in [0, 0.1) is 0 Å². The second-order valence-electron chi connectivity index (χ2n) is 6.56. The van der Waals surface area contributed by atoms with Gasteiger partial charge in [0.15, 0.2) is 0 Å². The van der Waals surface area contributed by atoms with Gasteiger partial charge in [0, 0.05) is 10.9 Å². The van der Waals surface area contributed by atoms with Crippen molar-refractivity contribution in [2.75, 3.05) is 5.43 Å². The normalized spacial score (nSPS) is 14.7. The fourth-order valence-corrected chi connectivity index (χ4v) is 4.05. The molecule has 0 radical (unpaired) electrons. The molecule has 0 spiro atoms. The third kappa shape index (κ3) is 1.84. The van der Waals surface area contributed by atoms with Crippen LogP contribution in [0.3, 0.4) is 0 Å². The predicted octanol–water partition coefficient (Wildman–Crippen LogP) is 4.68. The molecule has 3 aromatic rings. The molecule has 1 heterocycles. The van der Waals surface area contributed by atoms with Gasteiger partial charge in [-0.15, -0.1) is 0 Å². The van der Waals surface area contributed by atoms with Crippen LogP contribution in [-0.2, 0) is 19.3 Å². The summed E-state index contributed by atoms with van der Waals surface area (Å²) in [6.07, 6.45) is 3.27. The Labute approximate surface area is 135 Å². The lowest BCUT2D eigenvalue weighted by molar-refractivity contribution is 1.02. The molecule has 1 aliphatic carbocycles. The summed E-state index contributed by atoms with van der Waals surface area (Å²) in [4.78, 5) is 0. The fraction of sp³-hybridized carbons (Fsp3) is 0.190. The van der Waals surface area contributed by atoms with Crippen molar-refractivity contribution in [3.8, 4) is 0 Å². The van der Waals surface area contributed by atoms with Crippen molar-refractivity contribution in [1.82, 2.24) is 0 Å². The lowest BCUT2D eigenvalue weighted by Gasteiger charge is -2.21. The number of rotatable bonds is 2. The summed E-state index contributed by atoms with van der Waals surface area (Å²) in [6.45, 7) is 2.09. The van der Waals surface area contributed by atoms with Crippen molar-refractivity contribution in [3.63, 3.8) is 0 Å². The second-order valence-corrected chi connectivity index (χ2v) is 6.56. The van der Waals surface area contributed by atoms with Crippen molar-refractivity contribution in [2.24, 2.45) is 5.10 Å². The molecule has 3 aromatic carbocycles. The Hall–Kier alpha value is -2.61. The molecule has 0 unspecified atom stereocenters. The van der Waals surface area contributed by atoms with E-state index in [2.05, 4.69) is 66.0 Å². The summed E-state index contributed by atoms with van der Waals surface area (Å²) in [5.74, 6) is 0. The number of hydrogen-bond acceptors (Lipinski definition) is 2. The Bertz CT molecular complexity index is 968. The molecule has 0 aromatic heterocycles. The summed E-state index contributed by atoms with van der Waals surface area (Å²) >= 11 is 0. The van der Waals surface area contributed by atoms with E-state index in [1.54, 1.807) is 0 Å². The third-order valence-corrected chi connectivity index (χ3v) is 5.16. The zero-order chi connectivity index (χ0) is 15.4. The number of hydrazone groups is 1. The molecule has 1 aliphatic heterocycles. The highest BCUT2D eigenvalue weighted by molar-refractivity contribution is 6.18. The molecule has 23 heavy (non-hydrogen) atoms. The molecule has 0 amide bonds. The lowest BCUT2D eigenvalue weighted by Crippen LogP contribution is -2.10. The van der Waals surface area contributed by atoms with Crippen LogP contribution in [0.5, 0.6) is 0 Å². The van der Waals surface area contributed by atoms with Crippen LogP contribution in [0.4, 0.5) is 5.69 Å². The van der Waals surface area contributed by atoms with Crippen molar-refractivity contribution >= 4 is 22.2 Å². The minimum atomic E-state index is 0.949. The van der Waals surface area contributed by atoms with Crippen molar-refractivity contribution in [2.45, 2.75) is 26.2 Å². The number of benzene rings is 3. The van der Waals surface area contributed by atoms with Gasteiger partial charge in [0.25, 0.3) is 0 Å². The van der Waals surface area contributed by atoms with Crippen LogP contribution in [0.2, 0.25) is 0 Å². The topological polar surface area (TPSA) is 24.4 Å². The van der Waals surface area contributed by atoms with Crippen LogP contribution in [-0.4, -0.2) is 5.71 Å². The highest BCUT2D eigenvalue weighted by atomic mass is 15.3. The molecule has 1 N–H and O–H groups in total. The van der Waals surface area contributed by atoms with Crippen molar-refractivity contribution in [1.29, 1.82) is 0 Å². The summed E-state index contributed by atoms with van der Waals surface area (Å²) in [5.41, 5.74) is 12.6. The maximum atomic E-state index is 4.54. The van der Waals surface area contributed by atoms with Crippen LogP contribution in [0.1, 0.15) is 34.7 Å². The Morgan fingerprint density at radius 3 is 2.65 bits per heavy atom. The van der Waals surface area contributed by atoms with E-state index in [0.717, 1.165) is 25.0 Å². The first-order valence-corrected chi connectivity index (χ1v) is 8.26. The molecule has 2 nitrogen and oxygen atoms in total. The van der Waals surface area contributed by atoms with Crippen molar-refractivity contribution < 1.29 is 0 Å². The fourth-order valence-electron chi connectivity index (χ4n) is 4.05. The molecule has 0 atom stereocenters. The quantitative estimate of drug-likeness (QED) is 0.730. The van der Waals surface area contributed by atoms with E-state index in [-0.39, 0.29) is 0 Å². The molecule has 0 fully saturated rings. The summed E-state index contributed by atoms with van der Waals surface area (Å²) in [5, 5.41) is 7.40. The van der Waals surface area contributed by atoms with Gasteiger partial charge in [0.05, 0.1) is 11.4 Å². The molecule has 0 saturated heterocycles. The largest absolute Gasteiger partial charge is 0.277 e. The standard InChI is InChI=1S/C21H18N2/c1-13-18-10-9-15-7-8-16-12-17(11-14-5-3-2-4-6-14)21(23-22-13)20(18)19(15)16/h2-6,9-10,12,23H,7-8,11H2,1H3. The lowest BCUT2D eigenvalue weighted by atomic mass is 9.90. The zero-order valence-electron chi connectivity index (χ0n) is 13.2. The average Bonchev–Trinajstić information content (AvgIpc) is 3.00. The van der Waals surface area contributed by atoms with Crippen LogP contribution < -0.4 is 5.43 Å². The Kier molecular flexibility index (Phi) is 2.63. The highest BCUT2D eigenvalue weighted by Crippen LogP contribution is 2.42.